The molecule has 0 radical (unpaired) electrons. The minimum absolute atomic E-state index is 0.380. The molecule has 0 atom stereocenters. The number of nitrogens with one attached hydrogen (secondary N) is 1. The fourth-order valence-electron chi connectivity index (χ4n) is 0.852. The highest BCUT2D eigenvalue weighted by molar-refractivity contribution is 8.01. The molecule has 6 heteroatoms. The van der Waals surface area contributed by atoms with Crippen molar-refractivity contribution < 1.29 is 0 Å². The highest BCUT2D eigenvalue weighted by Crippen LogP contribution is 2.24. The highest BCUT2D eigenvalue weighted by atomic mass is 32.2. The summed E-state index contributed by atoms with van der Waals surface area (Å²) in [7, 11) is 0. The average Bonchev–Trinajstić information content (AvgIpc) is 2.20. The maximum Gasteiger partial charge on any atom is 0.362 e. The van der Waals surface area contributed by atoms with E-state index in [9.17, 15) is 4.79 Å². The van der Waals surface area contributed by atoms with Gasteiger partial charge in [-0.1, -0.05) is 13.3 Å². The molecule has 1 heterocycles. The van der Waals surface area contributed by atoms with Crippen LogP contribution in [0.25, 0.3) is 0 Å². The van der Waals surface area contributed by atoms with Crippen LogP contribution in [0, 0.1) is 0 Å². The van der Waals surface area contributed by atoms with Gasteiger partial charge in [0.2, 0.25) is 0 Å². The molecule has 0 spiro atoms. The average molecular weight is 231 g/mol. The van der Waals surface area contributed by atoms with Gasteiger partial charge in [0, 0.05) is 0 Å². The van der Waals surface area contributed by atoms with Crippen LogP contribution in [0.1, 0.15) is 19.8 Å². The Morgan fingerprint density at radius 1 is 1.43 bits per heavy atom. The van der Waals surface area contributed by atoms with Crippen LogP contribution in [0.5, 0.6) is 0 Å². The number of unbranched alkanes of at least 4 members (excludes halogenated alkanes) is 1. The molecule has 0 fully saturated rings. The van der Waals surface area contributed by atoms with Crippen molar-refractivity contribution in [3.8, 4) is 0 Å². The van der Waals surface area contributed by atoms with Gasteiger partial charge in [0.05, 0.1) is 0 Å². The van der Waals surface area contributed by atoms with Gasteiger partial charge >= 0.3 is 5.69 Å². The van der Waals surface area contributed by atoms with E-state index in [1.807, 2.05) is 6.26 Å². The molecule has 0 aliphatic carbocycles. The molecule has 1 N–H and O–H groups in total. The molecule has 1 aromatic rings. The number of rotatable bonds is 5. The molecule has 1 rings (SSSR count). The van der Waals surface area contributed by atoms with Crippen molar-refractivity contribution in [2.24, 2.45) is 0 Å². The van der Waals surface area contributed by atoms with Crippen molar-refractivity contribution in [3.63, 3.8) is 0 Å². The van der Waals surface area contributed by atoms with Crippen molar-refractivity contribution in [2.45, 2.75) is 29.8 Å². The van der Waals surface area contributed by atoms with E-state index in [2.05, 4.69) is 22.1 Å². The predicted octanol–water partition coefficient (Wildman–Crippen LogP) is 1.78. The summed E-state index contributed by atoms with van der Waals surface area (Å²) >= 11 is 3.09. The number of nitrogens with zero attached hydrogens (tertiary/aromatic N) is 2. The normalized spacial score (nSPS) is 10.4. The molecule has 0 unspecified atom stereocenters. The number of H-pyrrole nitrogens is 1. The van der Waals surface area contributed by atoms with Crippen LogP contribution in [0.3, 0.4) is 0 Å². The second-order valence-electron chi connectivity index (χ2n) is 2.66. The molecule has 0 aliphatic heterocycles. The van der Waals surface area contributed by atoms with Crippen molar-refractivity contribution in [3.05, 3.63) is 10.5 Å². The lowest BCUT2D eigenvalue weighted by Gasteiger charge is -2.02. The first-order valence-corrected chi connectivity index (χ1v) is 6.62. The van der Waals surface area contributed by atoms with Crippen molar-refractivity contribution in [2.75, 3.05) is 12.0 Å². The Kier molecular flexibility index (Phi) is 5.03. The van der Waals surface area contributed by atoms with E-state index < -0.39 is 0 Å². The molecule has 0 saturated carbocycles. The van der Waals surface area contributed by atoms with E-state index in [0.29, 0.717) is 0 Å². The second kappa shape index (κ2) is 6.08. The Labute approximate surface area is 91.3 Å². The number of hydrogen-bond donors (Lipinski definition) is 1. The van der Waals surface area contributed by atoms with E-state index in [1.54, 1.807) is 11.8 Å². The zero-order valence-corrected chi connectivity index (χ0v) is 9.87. The molecule has 0 aliphatic rings. The Morgan fingerprint density at radius 3 is 2.86 bits per heavy atom. The van der Waals surface area contributed by atoms with Gasteiger partial charge in [0.15, 0.2) is 0 Å². The minimum Gasteiger partial charge on any atom is -0.244 e. The SMILES string of the molecule is CCCCSc1n[nH]c(=O)nc1SC. The third-order valence-electron chi connectivity index (χ3n) is 1.57. The topological polar surface area (TPSA) is 58.6 Å². The van der Waals surface area contributed by atoms with Gasteiger partial charge in [-0.2, -0.15) is 10.1 Å². The van der Waals surface area contributed by atoms with E-state index >= 15 is 0 Å². The number of aromatic nitrogens is 3. The fraction of sp³-hybridized carbons (Fsp3) is 0.625. The summed E-state index contributed by atoms with van der Waals surface area (Å²) < 4.78 is 0. The molecule has 4 nitrogen and oxygen atoms in total. The maximum absolute atomic E-state index is 10.9. The Bertz CT molecular complexity index is 340. The van der Waals surface area contributed by atoms with Crippen molar-refractivity contribution in [1.82, 2.24) is 15.2 Å². The molecule has 0 saturated heterocycles. The van der Waals surface area contributed by atoms with Crippen LogP contribution in [-0.4, -0.2) is 27.2 Å². The zero-order valence-electron chi connectivity index (χ0n) is 8.24. The number of hydrogen-bond acceptors (Lipinski definition) is 5. The summed E-state index contributed by atoms with van der Waals surface area (Å²) in [6.45, 7) is 2.15. The van der Waals surface area contributed by atoms with E-state index in [-0.39, 0.29) is 5.69 Å². The monoisotopic (exact) mass is 231 g/mol. The van der Waals surface area contributed by atoms with Gasteiger partial charge in [0.25, 0.3) is 0 Å². The van der Waals surface area contributed by atoms with Crippen LogP contribution >= 0.6 is 23.5 Å². The summed E-state index contributed by atoms with van der Waals surface area (Å²) in [5, 5.41) is 7.86. The van der Waals surface area contributed by atoms with Gasteiger partial charge in [-0.15, -0.1) is 23.5 Å². The van der Waals surface area contributed by atoms with Crippen LogP contribution in [-0.2, 0) is 0 Å². The quantitative estimate of drug-likeness (QED) is 0.618. The minimum atomic E-state index is -0.380. The largest absolute Gasteiger partial charge is 0.362 e. The lowest BCUT2D eigenvalue weighted by molar-refractivity contribution is 0.762. The van der Waals surface area contributed by atoms with Gasteiger partial charge < -0.3 is 0 Å². The third-order valence-corrected chi connectivity index (χ3v) is 3.42. The van der Waals surface area contributed by atoms with E-state index in [4.69, 9.17) is 0 Å². The van der Waals surface area contributed by atoms with Crippen LogP contribution < -0.4 is 5.69 Å². The standard InChI is InChI=1S/C8H13N3OS2/c1-3-4-5-14-7-6(13-2)9-8(12)11-10-7/h3-5H2,1-2H3,(H,9,11,12). The molecule has 0 aromatic carbocycles. The van der Waals surface area contributed by atoms with Crippen LogP contribution in [0.15, 0.2) is 14.8 Å². The van der Waals surface area contributed by atoms with Gasteiger partial charge in [0.1, 0.15) is 10.1 Å². The van der Waals surface area contributed by atoms with Crippen LogP contribution in [0.2, 0.25) is 0 Å². The summed E-state index contributed by atoms with van der Waals surface area (Å²) in [4.78, 5) is 14.7. The fourth-order valence-corrected chi connectivity index (χ4v) is 2.58. The van der Waals surface area contributed by atoms with Gasteiger partial charge in [-0.05, 0) is 18.4 Å². The smallest absolute Gasteiger partial charge is 0.244 e. The Hall–Kier alpha value is -0.490. The first-order valence-electron chi connectivity index (χ1n) is 4.41. The Morgan fingerprint density at radius 2 is 2.21 bits per heavy atom. The first kappa shape index (κ1) is 11.6. The zero-order chi connectivity index (χ0) is 10.4. The summed E-state index contributed by atoms with van der Waals surface area (Å²) in [6.07, 6.45) is 4.21. The molecular formula is C8H13N3OS2. The highest BCUT2D eigenvalue weighted by Gasteiger charge is 2.05. The first-order chi connectivity index (χ1) is 6.77. The second-order valence-corrected chi connectivity index (χ2v) is 4.54. The van der Waals surface area contributed by atoms with Gasteiger partial charge in [-0.25, -0.2) is 9.89 Å². The van der Waals surface area contributed by atoms with Gasteiger partial charge in [-0.3, -0.25) is 0 Å². The lowest BCUT2D eigenvalue weighted by atomic mass is 10.4. The maximum atomic E-state index is 10.9. The molecular weight excluding hydrogens is 218 g/mol. The third kappa shape index (κ3) is 3.34. The Balaban J connectivity index is 2.70. The van der Waals surface area contributed by atoms with E-state index in [0.717, 1.165) is 22.2 Å². The molecule has 78 valence electrons. The molecule has 0 bridgehead atoms. The van der Waals surface area contributed by atoms with Crippen LogP contribution in [0.4, 0.5) is 0 Å². The number of thioether (sulfide) groups is 2. The number of aromatic amines is 1. The molecule has 14 heavy (non-hydrogen) atoms. The summed E-state index contributed by atoms with van der Waals surface area (Å²) in [6, 6.07) is 0. The summed E-state index contributed by atoms with van der Waals surface area (Å²) in [5.41, 5.74) is -0.380. The van der Waals surface area contributed by atoms with E-state index in [1.165, 1.54) is 18.2 Å². The van der Waals surface area contributed by atoms with Crippen molar-refractivity contribution >= 4 is 23.5 Å². The summed E-state index contributed by atoms with van der Waals surface area (Å²) in [5.74, 6) is 1.02. The molecule has 0 amide bonds. The van der Waals surface area contributed by atoms with Crippen molar-refractivity contribution in [1.29, 1.82) is 0 Å². The predicted molar refractivity (Wildman–Crippen MR) is 60.1 cm³/mol. The lowest BCUT2D eigenvalue weighted by Crippen LogP contribution is -2.13. The molecule has 1 aromatic heterocycles.